The molecule has 1 aromatic carbocycles. The summed E-state index contributed by atoms with van der Waals surface area (Å²) in [6, 6.07) is 5.10. The van der Waals surface area contributed by atoms with Crippen LogP contribution in [0.15, 0.2) is 18.2 Å². The zero-order chi connectivity index (χ0) is 12.5. The molecule has 1 aromatic rings. The number of hydrogen-bond donors (Lipinski definition) is 2. The van der Waals surface area contributed by atoms with E-state index in [1.807, 2.05) is 0 Å². The number of aromatic hydroxyl groups is 1. The monoisotopic (exact) mass is 275 g/mol. The van der Waals surface area contributed by atoms with E-state index in [1.165, 1.54) is 0 Å². The van der Waals surface area contributed by atoms with Crippen LogP contribution in [0.25, 0.3) is 0 Å². The zero-order valence-corrected chi connectivity index (χ0v) is 10.8. The molecule has 0 saturated carbocycles. The highest BCUT2D eigenvalue weighted by atomic mass is 35.5. The number of benzene rings is 1. The average molecular weight is 276 g/mol. The minimum atomic E-state index is -2.87. The Hall–Kier alpha value is -0.780. The summed E-state index contributed by atoms with van der Waals surface area (Å²) >= 11 is 5.78. The largest absolute Gasteiger partial charge is 0.506 e. The summed E-state index contributed by atoms with van der Waals surface area (Å²) in [4.78, 5) is 0. The average Bonchev–Trinajstić information content (AvgIpc) is 2.61. The van der Waals surface area contributed by atoms with Crippen molar-refractivity contribution in [3.63, 3.8) is 0 Å². The van der Waals surface area contributed by atoms with Crippen LogP contribution in [0.5, 0.6) is 5.75 Å². The molecule has 1 heterocycles. The number of nitrogens with one attached hydrogen (secondary N) is 1. The maximum Gasteiger partial charge on any atom is 0.151 e. The van der Waals surface area contributed by atoms with Gasteiger partial charge in [0, 0.05) is 18.2 Å². The normalized spacial score (nSPS) is 22.8. The second-order valence-electron chi connectivity index (χ2n) is 4.23. The summed E-state index contributed by atoms with van der Waals surface area (Å²) in [5.74, 6) is 0.475. The summed E-state index contributed by atoms with van der Waals surface area (Å²) in [7, 11) is -2.87. The summed E-state index contributed by atoms with van der Waals surface area (Å²) in [5, 5.41) is 13.1. The van der Waals surface area contributed by atoms with Gasteiger partial charge in [-0.05, 0) is 12.5 Å². The predicted molar refractivity (Wildman–Crippen MR) is 67.0 cm³/mol. The summed E-state index contributed by atoms with van der Waals surface area (Å²) in [6.07, 6.45) is 0.629. The van der Waals surface area contributed by atoms with Gasteiger partial charge in [0.25, 0.3) is 0 Å². The number of hydrogen-bond acceptors (Lipinski definition) is 4. The Labute approximate surface area is 106 Å². The fourth-order valence-corrected chi connectivity index (χ4v) is 3.81. The third-order valence-electron chi connectivity index (χ3n) is 2.88. The highest BCUT2D eigenvalue weighted by Crippen LogP contribution is 2.27. The molecule has 0 aromatic heterocycles. The number of phenols is 1. The lowest BCUT2D eigenvalue weighted by molar-refractivity contribution is 0.460. The van der Waals surface area contributed by atoms with Crippen LogP contribution in [0.1, 0.15) is 12.0 Å². The summed E-state index contributed by atoms with van der Waals surface area (Å²) in [5.41, 5.74) is 0.682. The third-order valence-corrected chi connectivity index (χ3v) is 4.96. The number of rotatable bonds is 3. The molecule has 0 amide bonds. The van der Waals surface area contributed by atoms with Gasteiger partial charge in [-0.25, -0.2) is 8.42 Å². The second kappa shape index (κ2) is 4.84. The molecular weight excluding hydrogens is 262 g/mol. The highest BCUT2D eigenvalue weighted by Gasteiger charge is 2.27. The molecule has 94 valence electrons. The number of para-hydroxylation sites is 1. The van der Waals surface area contributed by atoms with E-state index >= 15 is 0 Å². The van der Waals surface area contributed by atoms with Crippen LogP contribution in [0.4, 0.5) is 0 Å². The molecule has 1 saturated heterocycles. The molecule has 4 nitrogen and oxygen atoms in total. The Morgan fingerprint density at radius 3 is 2.88 bits per heavy atom. The molecule has 2 N–H and O–H groups in total. The minimum Gasteiger partial charge on any atom is -0.506 e. The molecule has 6 heteroatoms. The van der Waals surface area contributed by atoms with Crippen LogP contribution >= 0.6 is 11.6 Å². The van der Waals surface area contributed by atoms with Crippen LogP contribution in [-0.2, 0) is 16.4 Å². The smallest absolute Gasteiger partial charge is 0.151 e. The molecule has 2 rings (SSSR count). The van der Waals surface area contributed by atoms with Crippen LogP contribution in [0.2, 0.25) is 5.02 Å². The van der Waals surface area contributed by atoms with Crippen LogP contribution in [0.3, 0.4) is 0 Å². The fourth-order valence-electron chi connectivity index (χ4n) is 1.91. The van der Waals surface area contributed by atoms with Gasteiger partial charge in [0.05, 0.1) is 16.5 Å². The first-order valence-electron chi connectivity index (χ1n) is 5.38. The van der Waals surface area contributed by atoms with E-state index in [-0.39, 0.29) is 23.3 Å². The molecule has 0 aliphatic carbocycles. The Morgan fingerprint density at radius 2 is 2.24 bits per heavy atom. The van der Waals surface area contributed by atoms with Crippen molar-refractivity contribution in [1.29, 1.82) is 0 Å². The van der Waals surface area contributed by atoms with Gasteiger partial charge >= 0.3 is 0 Å². The van der Waals surface area contributed by atoms with E-state index in [0.717, 1.165) is 0 Å². The molecule has 1 atom stereocenters. The van der Waals surface area contributed by atoms with Crippen molar-refractivity contribution in [2.24, 2.45) is 0 Å². The molecule has 17 heavy (non-hydrogen) atoms. The van der Waals surface area contributed by atoms with Gasteiger partial charge in [0.1, 0.15) is 5.75 Å². The first kappa shape index (κ1) is 12.7. The molecule has 0 spiro atoms. The molecule has 1 aliphatic rings. The number of phenolic OH excluding ortho intramolecular Hbond substituents is 1. The van der Waals surface area contributed by atoms with Crippen LogP contribution in [-0.4, -0.2) is 31.1 Å². The molecule has 1 unspecified atom stereocenters. The van der Waals surface area contributed by atoms with Gasteiger partial charge in [-0.3, -0.25) is 0 Å². The van der Waals surface area contributed by atoms with Crippen molar-refractivity contribution in [1.82, 2.24) is 5.32 Å². The van der Waals surface area contributed by atoms with Gasteiger partial charge in [-0.1, -0.05) is 23.7 Å². The Bertz CT molecular complexity index is 515. The van der Waals surface area contributed by atoms with Crippen molar-refractivity contribution in [3.05, 3.63) is 28.8 Å². The summed E-state index contributed by atoms with van der Waals surface area (Å²) in [6.45, 7) is 0.423. The third kappa shape index (κ3) is 3.12. The van der Waals surface area contributed by atoms with Gasteiger partial charge in [0.2, 0.25) is 0 Å². The quantitative estimate of drug-likeness (QED) is 0.873. The molecule has 0 bridgehead atoms. The molecule has 1 aliphatic heterocycles. The zero-order valence-electron chi connectivity index (χ0n) is 9.19. The van der Waals surface area contributed by atoms with E-state index in [4.69, 9.17) is 11.6 Å². The van der Waals surface area contributed by atoms with Crippen molar-refractivity contribution in [3.8, 4) is 5.75 Å². The van der Waals surface area contributed by atoms with E-state index in [2.05, 4.69) is 5.32 Å². The van der Waals surface area contributed by atoms with E-state index < -0.39 is 9.84 Å². The van der Waals surface area contributed by atoms with Gasteiger partial charge < -0.3 is 10.4 Å². The number of halogens is 1. The Kier molecular flexibility index (Phi) is 3.61. The second-order valence-corrected chi connectivity index (χ2v) is 6.86. The lowest BCUT2D eigenvalue weighted by Crippen LogP contribution is -2.29. The van der Waals surface area contributed by atoms with Gasteiger partial charge in [-0.15, -0.1) is 0 Å². The summed E-state index contributed by atoms with van der Waals surface area (Å²) < 4.78 is 22.5. The molecular formula is C11H14ClNO3S. The molecule has 1 fully saturated rings. The Balaban J connectivity index is 1.97. The van der Waals surface area contributed by atoms with Crippen molar-refractivity contribution >= 4 is 21.4 Å². The maximum atomic E-state index is 11.3. The first-order chi connectivity index (χ1) is 7.98. The van der Waals surface area contributed by atoms with E-state index in [9.17, 15) is 13.5 Å². The van der Waals surface area contributed by atoms with Gasteiger partial charge in [0.15, 0.2) is 9.84 Å². The van der Waals surface area contributed by atoms with Crippen LogP contribution in [0, 0.1) is 0 Å². The van der Waals surface area contributed by atoms with Crippen LogP contribution < -0.4 is 5.32 Å². The topological polar surface area (TPSA) is 66.4 Å². The highest BCUT2D eigenvalue weighted by molar-refractivity contribution is 7.91. The van der Waals surface area contributed by atoms with E-state index in [1.54, 1.807) is 18.2 Å². The van der Waals surface area contributed by atoms with E-state index in [0.29, 0.717) is 23.6 Å². The standard InChI is InChI=1S/C11H14ClNO3S/c12-10-3-1-2-8(11(10)14)6-13-9-4-5-17(15,16)7-9/h1-3,9,13-14H,4-7H2. The fraction of sp³-hybridized carbons (Fsp3) is 0.455. The SMILES string of the molecule is O=S1(=O)CCC(NCc2cccc(Cl)c2O)C1. The van der Waals surface area contributed by atoms with Crippen molar-refractivity contribution < 1.29 is 13.5 Å². The lowest BCUT2D eigenvalue weighted by Gasteiger charge is -2.12. The maximum absolute atomic E-state index is 11.3. The Morgan fingerprint density at radius 1 is 1.47 bits per heavy atom. The van der Waals surface area contributed by atoms with Crippen molar-refractivity contribution in [2.75, 3.05) is 11.5 Å². The minimum absolute atomic E-state index is 0.0293. The number of sulfone groups is 1. The van der Waals surface area contributed by atoms with Gasteiger partial charge in [-0.2, -0.15) is 0 Å². The van der Waals surface area contributed by atoms with Crippen molar-refractivity contribution in [2.45, 2.75) is 19.0 Å². The molecule has 0 radical (unpaired) electrons. The predicted octanol–water partition coefficient (Wildman–Crippen LogP) is 1.32. The first-order valence-corrected chi connectivity index (χ1v) is 7.58. The lowest BCUT2D eigenvalue weighted by atomic mass is 10.2.